The second-order valence-electron chi connectivity index (χ2n) is 12.9. The summed E-state index contributed by atoms with van der Waals surface area (Å²) in [5, 5.41) is 0. The molecule has 8 bridgehead atoms. The minimum absolute atomic E-state index is 0. The summed E-state index contributed by atoms with van der Waals surface area (Å²) in [7, 11) is 0. The number of anilines is 6. The summed E-state index contributed by atoms with van der Waals surface area (Å²) in [4.78, 5) is 15.2. The summed E-state index contributed by atoms with van der Waals surface area (Å²) in [6.07, 6.45) is 4.24. The molecule has 9 rings (SSSR count). The molecule has 52 heavy (non-hydrogen) atoms. The molecule has 6 aromatic carbocycles. The van der Waals surface area contributed by atoms with Crippen molar-refractivity contribution in [3.8, 4) is 33.9 Å². The van der Waals surface area contributed by atoms with Crippen molar-refractivity contribution in [2.24, 2.45) is 0 Å². The van der Waals surface area contributed by atoms with Crippen LogP contribution in [-0.2, 0) is 21.1 Å². The molecule has 0 aliphatic carbocycles. The number of hydrogen-bond acceptors (Lipinski definition) is 4. The van der Waals surface area contributed by atoms with Gasteiger partial charge in [-0.1, -0.05) is 72.3 Å². The molecule has 7 heteroatoms. The van der Waals surface area contributed by atoms with E-state index in [1.165, 1.54) is 16.7 Å². The van der Waals surface area contributed by atoms with Gasteiger partial charge in [0.2, 0.25) is 11.9 Å². The third-order valence-corrected chi connectivity index (χ3v) is 9.31. The van der Waals surface area contributed by atoms with Gasteiger partial charge in [-0.15, -0.1) is 59.7 Å². The minimum atomic E-state index is 0. The Kier molecular flexibility index (Phi) is 8.70. The second kappa shape index (κ2) is 13.6. The molecule has 8 aromatic rings. The first-order chi connectivity index (χ1) is 25.0. The van der Waals surface area contributed by atoms with Crippen LogP contribution in [0.5, 0.6) is 0 Å². The standard InChI is InChI=1S/C45H34N6.Pt/c1-31-25-32(2)43(33(3)26-31)49-30-42-35-16-14-23-39(28-35)50(37-19-9-5-10-20-37)44-46-41(29-48(44)36-17-7-4-8-18-36)34-15-13-24-40(27-34)51(45(49)47-42)38-21-11-6-12-22-38;/h4-26,29-30H,1-3H3;/q-2;+2. The molecular formula is C45H34N6Pt. The Labute approximate surface area is 318 Å². The first-order valence-electron chi connectivity index (χ1n) is 17.1. The predicted molar refractivity (Wildman–Crippen MR) is 206 cm³/mol. The maximum Gasteiger partial charge on any atom is 2.00 e. The number of nitrogens with zero attached hydrogens (tertiary/aromatic N) is 6. The molecular weight excluding hydrogens is 820 g/mol. The smallest absolute Gasteiger partial charge is 0.299 e. The van der Waals surface area contributed by atoms with Gasteiger partial charge in [0.15, 0.2) is 0 Å². The van der Waals surface area contributed by atoms with Gasteiger partial charge in [-0.3, -0.25) is 28.9 Å². The molecule has 0 N–H and O–H groups in total. The van der Waals surface area contributed by atoms with E-state index in [4.69, 9.17) is 9.97 Å². The molecule has 0 amide bonds. The van der Waals surface area contributed by atoms with Crippen molar-refractivity contribution in [1.29, 1.82) is 0 Å². The van der Waals surface area contributed by atoms with Crippen LogP contribution in [0.15, 0.2) is 152 Å². The maximum atomic E-state index is 5.44. The summed E-state index contributed by atoms with van der Waals surface area (Å²) in [5.41, 5.74) is 12.7. The average Bonchev–Trinajstić information content (AvgIpc) is 3.79. The summed E-state index contributed by atoms with van der Waals surface area (Å²) in [6.45, 7) is 6.49. The van der Waals surface area contributed by atoms with Gasteiger partial charge in [0.1, 0.15) is 0 Å². The van der Waals surface area contributed by atoms with Gasteiger partial charge in [0.25, 0.3) is 0 Å². The Morgan fingerprint density at radius 1 is 0.462 bits per heavy atom. The van der Waals surface area contributed by atoms with E-state index in [2.05, 4.69) is 186 Å². The number of rotatable bonds is 4. The van der Waals surface area contributed by atoms with E-state index in [-0.39, 0.29) is 21.1 Å². The molecule has 0 radical (unpaired) electrons. The van der Waals surface area contributed by atoms with Crippen LogP contribution in [0.4, 0.5) is 34.6 Å². The topological polar surface area (TPSA) is 42.1 Å². The zero-order valence-electron chi connectivity index (χ0n) is 28.9. The molecule has 0 spiro atoms. The van der Waals surface area contributed by atoms with Crippen molar-refractivity contribution in [3.63, 3.8) is 0 Å². The summed E-state index contributed by atoms with van der Waals surface area (Å²) in [5.74, 6) is 1.50. The molecule has 6 nitrogen and oxygen atoms in total. The minimum Gasteiger partial charge on any atom is -0.299 e. The van der Waals surface area contributed by atoms with Crippen molar-refractivity contribution in [3.05, 3.63) is 181 Å². The van der Waals surface area contributed by atoms with E-state index in [1.807, 2.05) is 18.2 Å². The van der Waals surface area contributed by atoms with Gasteiger partial charge in [-0.2, -0.15) is 0 Å². The molecule has 1 aliphatic rings. The van der Waals surface area contributed by atoms with Gasteiger partial charge < -0.3 is 0 Å². The third-order valence-electron chi connectivity index (χ3n) is 9.31. The molecule has 254 valence electrons. The van der Waals surface area contributed by atoms with Crippen molar-refractivity contribution in [1.82, 2.24) is 19.1 Å². The Bertz CT molecular complexity index is 2500. The Hall–Kier alpha value is -5.97. The van der Waals surface area contributed by atoms with Crippen LogP contribution in [0.3, 0.4) is 0 Å². The second-order valence-corrected chi connectivity index (χ2v) is 12.9. The zero-order chi connectivity index (χ0) is 34.5. The maximum absolute atomic E-state index is 5.44. The fourth-order valence-corrected chi connectivity index (χ4v) is 7.16. The van der Waals surface area contributed by atoms with E-state index in [0.29, 0.717) is 0 Å². The van der Waals surface area contributed by atoms with E-state index in [9.17, 15) is 0 Å². The van der Waals surface area contributed by atoms with Crippen LogP contribution >= 0.6 is 0 Å². The van der Waals surface area contributed by atoms with E-state index in [1.54, 1.807) is 0 Å². The van der Waals surface area contributed by atoms with E-state index in [0.717, 1.165) is 68.5 Å². The fraction of sp³-hybridized carbons (Fsp3) is 0.0667. The Morgan fingerprint density at radius 3 is 1.37 bits per heavy atom. The van der Waals surface area contributed by atoms with Crippen LogP contribution in [0.2, 0.25) is 0 Å². The molecule has 0 unspecified atom stereocenters. The van der Waals surface area contributed by atoms with Crippen LogP contribution in [0.25, 0.3) is 33.9 Å². The number of imidazole rings is 2. The molecule has 1 aliphatic heterocycles. The van der Waals surface area contributed by atoms with Crippen molar-refractivity contribution in [2.75, 3.05) is 9.80 Å². The number of benzene rings is 6. The third kappa shape index (κ3) is 5.85. The summed E-state index contributed by atoms with van der Waals surface area (Å²) < 4.78 is 4.37. The number of para-hydroxylation sites is 3. The van der Waals surface area contributed by atoms with Crippen LogP contribution < -0.4 is 9.80 Å². The van der Waals surface area contributed by atoms with Crippen molar-refractivity contribution >= 4 is 34.6 Å². The van der Waals surface area contributed by atoms with Gasteiger partial charge in [0.05, 0.1) is 5.69 Å². The molecule has 0 saturated heterocycles. The molecule has 0 saturated carbocycles. The van der Waals surface area contributed by atoms with Crippen LogP contribution in [0, 0.1) is 32.9 Å². The number of fused-ring (bicyclic) bond motifs is 10. The Balaban J connectivity index is 0.00000387. The number of hydrogen-bond donors (Lipinski definition) is 0. The van der Waals surface area contributed by atoms with Crippen LogP contribution in [0.1, 0.15) is 16.7 Å². The summed E-state index contributed by atoms with van der Waals surface area (Å²) in [6, 6.07) is 55.6. The van der Waals surface area contributed by atoms with Gasteiger partial charge in [-0.25, -0.2) is 0 Å². The van der Waals surface area contributed by atoms with Crippen molar-refractivity contribution in [2.45, 2.75) is 20.8 Å². The first kappa shape index (κ1) is 33.2. The van der Waals surface area contributed by atoms with E-state index < -0.39 is 0 Å². The quantitative estimate of drug-likeness (QED) is 0.165. The number of aromatic nitrogens is 4. The molecule has 0 fully saturated rings. The van der Waals surface area contributed by atoms with Crippen molar-refractivity contribution < 1.29 is 21.1 Å². The normalized spacial score (nSPS) is 11.9. The van der Waals surface area contributed by atoms with Gasteiger partial charge in [-0.05, 0) is 92.1 Å². The van der Waals surface area contributed by atoms with Gasteiger partial charge >= 0.3 is 21.1 Å². The van der Waals surface area contributed by atoms with Gasteiger partial charge in [0, 0.05) is 28.5 Å². The first-order valence-corrected chi connectivity index (χ1v) is 17.1. The Morgan fingerprint density at radius 2 is 0.885 bits per heavy atom. The molecule has 0 atom stereocenters. The zero-order valence-corrected chi connectivity index (χ0v) is 31.2. The predicted octanol–water partition coefficient (Wildman–Crippen LogP) is 11.2. The average molecular weight is 854 g/mol. The molecule has 2 aromatic heterocycles. The summed E-state index contributed by atoms with van der Waals surface area (Å²) >= 11 is 0. The number of aryl methyl sites for hydroxylation is 3. The fourth-order valence-electron chi connectivity index (χ4n) is 7.16. The van der Waals surface area contributed by atoms with Crippen LogP contribution in [-0.4, -0.2) is 19.1 Å². The largest absolute Gasteiger partial charge is 2.00 e. The molecule has 3 heterocycles. The SMILES string of the molecule is Cc1cc(C)c(-n2cc3nc2N(c2ccccc2)c2[c-]c(ccc2)-c2cn(-c4ccccc4)c(n2)N(c2ccccc2)c2[c-]c-3ccc2)c(C)c1.[Pt+2]. The monoisotopic (exact) mass is 853 g/mol. The van der Waals surface area contributed by atoms with E-state index >= 15 is 0 Å².